The Morgan fingerprint density at radius 1 is 1.05 bits per heavy atom. The molecular weight excluding hydrogens is 531 g/mol. The normalized spacial score (nSPS) is 11.6. The van der Waals surface area contributed by atoms with E-state index in [0.717, 1.165) is 11.3 Å². The summed E-state index contributed by atoms with van der Waals surface area (Å²) in [5.74, 6) is 0.681. The third-order valence-electron chi connectivity index (χ3n) is 5.38. The van der Waals surface area contributed by atoms with Crippen molar-refractivity contribution in [1.29, 1.82) is 0 Å². The van der Waals surface area contributed by atoms with Crippen molar-refractivity contribution >= 4 is 38.8 Å². The number of nitrogens with one attached hydrogen (secondary N) is 1. The van der Waals surface area contributed by atoms with Crippen LogP contribution in [0.25, 0.3) is 45.2 Å². The Kier molecular flexibility index (Phi) is 7.81. The van der Waals surface area contributed by atoms with Crippen molar-refractivity contribution in [2.45, 2.75) is 20.4 Å². The molecule has 2 aromatic carbocycles. The van der Waals surface area contributed by atoms with Crippen LogP contribution in [-0.2, 0) is 16.7 Å². The third kappa shape index (κ3) is 6.18. The van der Waals surface area contributed by atoms with Gasteiger partial charge in [-0.25, -0.2) is 19.3 Å². The molecule has 9 nitrogen and oxygen atoms in total. The molecular formula is C26H26ClFN6O3S. The first-order chi connectivity index (χ1) is 17.9. The number of halogens is 2. The lowest BCUT2D eigenvalue weighted by atomic mass is 10.1. The lowest BCUT2D eigenvalue weighted by Crippen LogP contribution is -2.08. The predicted molar refractivity (Wildman–Crippen MR) is 148 cm³/mol. The average Bonchev–Trinajstić information content (AvgIpc) is 3.39. The SMILES string of the molecule is CC(C)Cn1c(N)nc2ccc(-c3nc(-c4c(F)cccc4Cl)[nH]c3-c3ccccc3)nc21.CS(=O)(=O)O. The molecule has 0 spiro atoms. The Labute approximate surface area is 224 Å². The molecule has 5 aromatic rings. The minimum Gasteiger partial charge on any atom is -0.369 e. The highest BCUT2D eigenvalue weighted by Gasteiger charge is 2.21. The summed E-state index contributed by atoms with van der Waals surface area (Å²) in [5.41, 5.74) is 10.6. The number of nitrogen functional groups attached to an aromatic ring is 1. The number of nitrogens with two attached hydrogens (primary N) is 1. The Hall–Kier alpha value is -3.80. The van der Waals surface area contributed by atoms with E-state index in [1.54, 1.807) is 12.1 Å². The lowest BCUT2D eigenvalue weighted by Gasteiger charge is -2.09. The van der Waals surface area contributed by atoms with Crippen molar-refractivity contribution in [2.75, 3.05) is 12.0 Å². The highest BCUT2D eigenvalue weighted by atomic mass is 35.5. The molecule has 0 aliphatic heterocycles. The van der Waals surface area contributed by atoms with Crippen molar-refractivity contribution in [1.82, 2.24) is 24.5 Å². The zero-order valence-corrected chi connectivity index (χ0v) is 22.4. The lowest BCUT2D eigenvalue weighted by molar-refractivity contribution is 0.490. The van der Waals surface area contributed by atoms with Gasteiger partial charge < -0.3 is 10.7 Å². The molecule has 5 rings (SSSR count). The van der Waals surface area contributed by atoms with E-state index in [9.17, 15) is 12.8 Å². The number of nitrogens with zero attached hydrogens (tertiary/aromatic N) is 4. The van der Waals surface area contributed by atoms with Crippen LogP contribution in [-0.4, -0.2) is 43.7 Å². The summed E-state index contributed by atoms with van der Waals surface area (Å²) in [5, 5.41) is 0.279. The van der Waals surface area contributed by atoms with Gasteiger partial charge in [0, 0.05) is 12.1 Å². The molecule has 198 valence electrons. The minimum atomic E-state index is -3.67. The number of H-pyrrole nitrogens is 1. The highest BCUT2D eigenvalue weighted by molar-refractivity contribution is 7.85. The fourth-order valence-corrected chi connectivity index (χ4v) is 4.16. The van der Waals surface area contributed by atoms with E-state index >= 15 is 0 Å². The van der Waals surface area contributed by atoms with Gasteiger partial charge in [0.25, 0.3) is 10.1 Å². The Morgan fingerprint density at radius 3 is 2.37 bits per heavy atom. The quantitative estimate of drug-likeness (QED) is 0.236. The highest BCUT2D eigenvalue weighted by Crippen LogP contribution is 2.36. The van der Waals surface area contributed by atoms with E-state index in [-0.39, 0.29) is 10.6 Å². The largest absolute Gasteiger partial charge is 0.369 e. The first kappa shape index (κ1) is 27.2. The molecule has 0 radical (unpaired) electrons. The smallest absolute Gasteiger partial charge is 0.261 e. The molecule has 3 heterocycles. The van der Waals surface area contributed by atoms with E-state index in [0.29, 0.717) is 53.0 Å². The van der Waals surface area contributed by atoms with Crippen LogP contribution in [0.4, 0.5) is 10.3 Å². The molecule has 0 atom stereocenters. The number of fused-ring (bicyclic) bond motifs is 1. The van der Waals surface area contributed by atoms with Crippen LogP contribution in [0.2, 0.25) is 5.02 Å². The van der Waals surface area contributed by atoms with Gasteiger partial charge in [0.1, 0.15) is 22.9 Å². The van der Waals surface area contributed by atoms with Gasteiger partial charge >= 0.3 is 0 Å². The van der Waals surface area contributed by atoms with Gasteiger partial charge in [-0.3, -0.25) is 9.12 Å². The monoisotopic (exact) mass is 556 g/mol. The molecule has 0 saturated carbocycles. The third-order valence-corrected chi connectivity index (χ3v) is 5.69. The topological polar surface area (TPSA) is 140 Å². The number of imidazole rings is 2. The maximum absolute atomic E-state index is 14.7. The maximum atomic E-state index is 14.7. The summed E-state index contributed by atoms with van der Waals surface area (Å²) in [6.45, 7) is 4.92. The number of aromatic nitrogens is 5. The van der Waals surface area contributed by atoms with Crippen molar-refractivity contribution in [2.24, 2.45) is 5.92 Å². The summed E-state index contributed by atoms with van der Waals surface area (Å²) < 4.78 is 42.5. The van der Waals surface area contributed by atoms with Crippen LogP contribution in [0.3, 0.4) is 0 Å². The van der Waals surface area contributed by atoms with Gasteiger partial charge in [0.2, 0.25) is 5.95 Å². The van der Waals surface area contributed by atoms with Crippen LogP contribution in [0, 0.1) is 11.7 Å². The van der Waals surface area contributed by atoms with Crippen LogP contribution < -0.4 is 5.73 Å². The molecule has 0 fully saturated rings. The molecule has 0 bridgehead atoms. The first-order valence-electron chi connectivity index (χ1n) is 11.6. The van der Waals surface area contributed by atoms with E-state index < -0.39 is 15.9 Å². The Morgan fingerprint density at radius 2 is 1.74 bits per heavy atom. The van der Waals surface area contributed by atoms with Crippen molar-refractivity contribution in [3.05, 3.63) is 71.5 Å². The number of hydrogen-bond acceptors (Lipinski definition) is 6. The zero-order valence-electron chi connectivity index (χ0n) is 20.9. The number of anilines is 1. The van der Waals surface area contributed by atoms with E-state index in [2.05, 4.69) is 23.8 Å². The zero-order chi connectivity index (χ0) is 27.6. The van der Waals surface area contributed by atoms with Gasteiger partial charge in [-0.15, -0.1) is 0 Å². The summed E-state index contributed by atoms with van der Waals surface area (Å²) in [7, 11) is -3.67. The number of aromatic amines is 1. The van der Waals surface area contributed by atoms with Gasteiger partial charge in [-0.2, -0.15) is 8.42 Å². The van der Waals surface area contributed by atoms with Crippen LogP contribution in [0.5, 0.6) is 0 Å². The summed E-state index contributed by atoms with van der Waals surface area (Å²) in [6, 6.07) is 18.0. The van der Waals surface area contributed by atoms with Crippen LogP contribution >= 0.6 is 11.6 Å². The fraction of sp³-hybridized carbons (Fsp3) is 0.192. The van der Waals surface area contributed by atoms with E-state index in [1.807, 2.05) is 47.0 Å². The van der Waals surface area contributed by atoms with E-state index in [1.165, 1.54) is 6.07 Å². The van der Waals surface area contributed by atoms with Gasteiger partial charge in [-0.1, -0.05) is 61.8 Å². The van der Waals surface area contributed by atoms with Gasteiger partial charge in [0.15, 0.2) is 5.65 Å². The maximum Gasteiger partial charge on any atom is 0.261 e. The molecule has 0 saturated heterocycles. The van der Waals surface area contributed by atoms with Crippen molar-refractivity contribution in [3.63, 3.8) is 0 Å². The number of rotatable bonds is 5. The number of pyridine rings is 1. The molecule has 0 unspecified atom stereocenters. The summed E-state index contributed by atoms with van der Waals surface area (Å²) in [6.07, 6.45) is 0.715. The standard InChI is InChI=1S/C25H22ClFN6.CH4O3S/c1-14(2)13-33-24-19(30-25(33)28)12-11-18(29-24)22-21(15-7-4-3-5-8-15)31-23(32-22)20-16(26)9-6-10-17(20)27;1-5(2,3)4/h3-12,14H,13H2,1-2H3,(H2,28,30)(H,31,32);1H3,(H,2,3,4). The molecule has 0 aliphatic carbocycles. The Balaban J connectivity index is 0.000000617. The van der Waals surface area contributed by atoms with Gasteiger partial charge in [0.05, 0.1) is 28.2 Å². The summed E-state index contributed by atoms with van der Waals surface area (Å²) >= 11 is 6.33. The predicted octanol–water partition coefficient (Wildman–Crippen LogP) is 5.69. The fourth-order valence-electron chi connectivity index (χ4n) is 3.91. The molecule has 4 N–H and O–H groups in total. The second kappa shape index (κ2) is 10.9. The molecule has 38 heavy (non-hydrogen) atoms. The minimum absolute atomic E-state index is 0.220. The van der Waals surface area contributed by atoms with E-state index in [4.69, 9.17) is 31.9 Å². The average molecular weight is 557 g/mol. The second-order valence-electron chi connectivity index (χ2n) is 9.02. The van der Waals surface area contributed by atoms with Crippen LogP contribution in [0.1, 0.15) is 13.8 Å². The number of benzene rings is 2. The number of hydrogen-bond donors (Lipinski definition) is 3. The summed E-state index contributed by atoms with van der Waals surface area (Å²) in [4.78, 5) is 17.3. The molecule has 0 aliphatic rings. The van der Waals surface area contributed by atoms with Crippen molar-refractivity contribution in [3.8, 4) is 34.0 Å². The Bertz CT molecular complexity index is 1670. The molecule has 0 amide bonds. The molecule has 3 aromatic heterocycles. The second-order valence-corrected chi connectivity index (χ2v) is 10.9. The van der Waals surface area contributed by atoms with Crippen molar-refractivity contribution < 1.29 is 17.4 Å². The molecule has 12 heteroatoms. The van der Waals surface area contributed by atoms with Crippen LogP contribution in [0.15, 0.2) is 60.7 Å². The van der Waals surface area contributed by atoms with Gasteiger partial charge in [-0.05, 0) is 30.2 Å². The first-order valence-corrected chi connectivity index (χ1v) is 13.8.